The van der Waals surface area contributed by atoms with E-state index in [1.807, 2.05) is 0 Å². The molecule has 0 bridgehead atoms. The molecule has 1 aromatic rings. The van der Waals surface area contributed by atoms with Gasteiger partial charge in [-0.15, -0.1) is 0 Å². The molecule has 2 amide bonds. The zero-order valence-corrected chi connectivity index (χ0v) is 10.6. The summed E-state index contributed by atoms with van der Waals surface area (Å²) in [5.74, 6) is -7.28. The summed E-state index contributed by atoms with van der Waals surface area (Å²) in [6.45, 7) is 2.89. The van der Waals surface area contributed by atoms with Gasteiger partial charge in [0.05, 0.1) is 0 Å². The zero-order chi connectivity index (χ0) is 15.5. The first-order valence-corrected chi connectivity index (χ1v) is 5.50. The van der Waals surface area contributed by atoms with Crippen molar-refractivity contribution in [2.75, 3.05) is 10.6 Å². The van der Waals surface area contributed by atoms with Crippen LogP contribution in [0.3, 0.4) is 0 Å². The van der Waals surface area contributed by atoms with Crippen LogP contribution in [0.25, 0.3) is 0 Å². The molecule has 0 radical (unpaired) electrons. The van der Waals surface area contributed by atoms with Gasteiger partial charge in [0.2, 0.25) is 5.91 Å². The second-order valence-corrected chi connectivity index (χ2v) is 4.09. The first kappa shape index (κ1) is 15.9. The molecule has 0 aliphatic rings. The predicted molar refractivity (Wildman–Crippen MR) is 65.1 cm³/mol. The highest BCUT2D eigenvalue weighted by Gasteiger charge is 2.48. The molecular weight excluding hydrogens is 280 g/mol. The third kappa shape index (κ3) is 3.69. The van der Waals surface area contributed by atoms with Crippen molar-refractivity contribution in [2.45, 2.75) is 26.2 Å². The van der Waals surface area contributed by atoms with Gasteiger partial charge in [-0.25, -0.2) is 8.78 Å². The van der Waals surface area contributed by atoms with Gasteiger partial charge < -0.3 is 10.6 Å². The lowest BCUT2D eigenvalue weighted by molar-refractivity contribution is -0.163. The maximum absolute atomic E-state index is 12.8. The average Bonchev–Trinajstić information content (AvgIpc) is 2.32. The number of halogens is 4. The van der Waals surface area contributed by atoms with Crippen LogP contribution in [0.1, 0.15) is 12.5 Å². The Balaban J connectivity index is 2.94. The Morgan fingerprint density at radius 2 is 1.80 bits per heavy atom. The highest BCUT2D eigenvalue weighted by Crippen LogP contribution is 2.26. The van der Waals surface area contributed by atoms with Crippen molar-refractivity contribution < 1.29 is 27.2 Å². The summed E-state index contributed by atoms with van der Waals surface area (Å²) < 4.78 is 49.6. The molecule has 0 saturated carbocycles. The highest BCUT2D eigenvalue weighted by molar-refractivity contribution is 5.97. The number of carbonyl (C=O) groups is 2. The number of hydrogen-bond acceptors (Lipinski definition) is 2. The number of rotatable bonds is 4. The van der Waals surface area contributed by atoms with Crippen LogP contribution in [0.5, 0.6) is 0 Å². The van der Waals surface area contributed by atoms with E-state index >= 15 is 0 Å². The van der Waals surface area contributed by atoms with Crippen LogP contribution >= 0.6 is 0 Å². The van der Waals surface area contributed by atoms with E-state index in [0.717, 1.165) is 0 Å². The quantitative estimate of drug-likeness (QED) is 0.838. The standard InChI is InChI=1S/C12H12F4N2O2/c1-6-3-4-8(5-9(6)17-7(2)19)18-11(20)12(15,16)10(13)14/h3-5,10H,1-2H3,(H,17,19)(H,18,20). The summed E-state index contributed by atoms with van der Waals surface area (Å²) in [4.78, 5) is 22.0. The van der Waals surface area contributed by atoms with Crippen LogP contribution in [0, 0.1) is 6.92 Å². The van der Waals surface area contributed by atoms with E-state index in [1.54, 1.807) is 12.2 Å². The number of hydrogen-bond donors (Lipinski definition) is 2. The molecule has 0 saturated heterocycles. The maximum atomic E-state index is 12.8. The van der Waals surface area contributed by atoms with E-state index in [-0.39, 0.29) is 11.4 Å². The number of anilines is 2. The minimum atomic E-state index is -4.78. The van der Waals surface area contributed by atoms with Crippen LogP contribution in [-0.2, 0) is 9.59 Å². The van der Waals surface area contributed by atoms with E-state index in [0.29, 0.717) is 5.56 Å². The minimum absolute atomic E-state index is 0.121. The molecule has 0 atom stereocenters. The maximum Gasteiger partial charge on any atom is 0.383 e. The Morgan fingerprint density at radius 3 is 2.30 bits per heavy atom. The van der Waals surface area contributed by atoms with E-state index in [1.165, 1.54) is 25.1 Å². The number of carbonyl (C=O) groups excluding carboxylic acids is 2. The van der Waals surface area contributed by atoms with Gasteiger partial charge in [-0.3, -0.25) is 9.59 Å². The van der Waals surface area contributed by atoms with Crippen molar-refractivity contribution in [1.29, 1.82) is 0 Å². The molecule has 1 rings (SSSR count). The van der Waals surface area contributed by atoms with Gasteiger partial charge >= 0.3 is 18.3 Å². The number of amides is 2. The van der Waals surface area contributed by atoms with Crippen molar-refractivity contribution in [1.82, 2.24) is 0 Å². The van der Waals surface area contributed by atoms with Crippen LogP contribution in [0.4, 0.5) is 28.9 Å². The number of benzene rings is 1. The minimum Gasteiger partial charge on any atom is -0.326 e. The van der Waals surface area contributed by atoms with Gasteiger partial charge in [-0.1, -0.05) is 6.07 Å². The molecule has 110 valence electrons. The third-order valence-corrected chi connectivity index (χ3v) is 2.38. The fourth-order valence-electron chi connectivity index (χ4n) is 1.34. The van der Waals surface area contributed by atoms with E-state index < -0.39 is 24.2 Å². The van der Waals surface area contributed by atoms with E-state index in [9.17, 15) is 27.2 Å². The van der Waals surface area contributed by atoms with Gasteiger partial charge in [-0.2, -0.15) is 8.78 Å². The van der Waals surface area contributed by atoms with Crippen molar-refractivity contribution in [3.63, 3.8) is 0 Å². The second-order valence-electron chi connectivity index (χ2n) is 4.09. The molecule has 0 aromatic heterocycles. The SMILES string of the molecule is CC(=O)Nc1cc(NC(=O)C(F)(F)C(F)F)ccc1C. The topological polar surface area (TPSA) is 58.2 Å². The number of nitrogens with one attached hydrogen (secondary N) is 2. The molecule has 0 aliphatic heterocycles. The Kier molecular flexibility index (Phi) is 4.69. The van der Waals surface area contributed by atoms with Crippen LogP contribution < -0.4 is 10.6 Å². The summed E-state index contributed by atoms with van der Waals surface area (Å²) in [5.41, 5.74) is 0.791. The summed E-state index contributed by atoms with van der Waals surface area (Å²) in [7, 11) is 0. The molecule has 0 fully saturated rings. The van der Waals surface area contributed by atoms with Crippen molar-refractivity contribution in [3.8, 4) is 0 Å². The summed E-state index contributed by atoms with van der Waals surface area (Å²) in [6, 6.07) is 3.91. The molecule has 0 aliphatic carbocycles. The van der Waals surface area contributed by atoms with Crippen LogP contribution in [0.15, 0.2) is 18.2 Å². The molecule has 20 heavy (non-hydrogen) atoms. The average molecular weight is 292 g/mol. The third-order valence-electron chi connectivity index (χ3n) is 2.38. The summed E-state index contributed by atoms with van der Waals surface area (Å²) in [5, 5.41) is 4.11. The Labute approximate surface area is 112 Å². The van der Waals surface area contributed by atoms with Crippen molar-refractivity contribution >= 4 is 23.2 Å². The van der Waals surface area contributed by atoms with Gasteiger partial charge in [0.1, 0.15) is 0 Å². The van der Waals surface area contributed by atoms with Crippen molar-refractivity contribution in [3.05, 3.63) is 23.8 Å². The number of aryl methyl sites for hydroxylation is 1. The molecule has 0 heterocycles. The van der Waals surface area contributed by atoms with Crippen molar-refractivity contribution in [2.24, 2.45) is 0 Å². The lowest BCUT2D eigenvalue weighted by Crippen LogP contribution is -2.41. The van der Waals surface area contributed by atoms with Gasteiger partial charge in [0, 0.05) is 18.3 Å². The first-order valence-electron chi connectivity index (χ1n) is 5.50. The molecule has 0 spiro atoms. The Morgan fingerprint density at radius 1 is 1.20 bits per heavy atom. The predicted octanol–water partition coefficient (Wildman–Crippen LogP) is 2.79. The molecule has 4 nitrogen and oxygen atoms in total. The molecule has 2 N–H and O–H groups in total. The molecule has 0 unspecified atom stereocenters. The van der Waals surface area contributed by atoms with E-state index in [4.69, 9.17) is 0 Å². The second kappa shape index (κ2) is 5.89. The molecule has 1 aromatic carbocycles. The lowest BCUT2D eigenvalue weighted by Gasteiger charge is -2.16. The lowest BCUT2D eigenvalue weighted by atomic mass is 10.1. The smallest absolute Gasteiger partial charge is 0.326 e. The van der Waals surface area contributed by atoms with Gasteiger partial charge in [-0.05, 0) is 24.6 Å². The Bertz CT molecular complexity index is 532. The summed E-state index contributed by atoms with van der Waals surface area (Å²) >= 11 is 0. The number of alkyl halides is 4. The highest BCUT2D eigenvalue weighted by atomic mass is 19.3. The fourth-order valence-corrected chi connectivity index (χ4v) is 1.34. The zero-order valence-electron chi connectivity index (χ0n) is 10.6. The first-order chi connectivity index (χ1) is 9.14. The van der Waals surface area contributed by atoms with Crippen LogP contribution in [-0.4, -0.2) is 24.2 Å². The van der Waals surface area contributed by atoms with E-state index in [2.05, 4.69) is 5.32 Å². The van der Waals surface area contributed by atoms with Crippen LogP contribution in [0.2, 0.25) is 0 Å². The van der Waals surface area contributed by atoms with Gasteiger partial charge in [0.25, 0.3) is 0 Å². The summed E-state index contributed by atoms with van der Waals surface area (Å²) in [6.07, 6.45) is -4.09. The largest absolute Gasteiger partial charge is 0.383 e. The normalized spacial score (nSPS) is 11.3. The Hall–Kier alpha value is -2.12. The monoisotopic (exact) mass is 292 g/mol. The molecule has 8 heteroatoms. The van der Waals surface area contributed by atoms with Gasteiger partial charge in [0.15, 0.2) is 0 Å². The fraction of sp³-hybridized carbons (Fsp3) is 0.333. The molecular formula is C12H12F4N2O2.